The first-order chi connectivity index (χ1) is 8.71. The SMILES string of the molecule is [2H]C1([2H])CCCCCCCCCCCCCCC1. The van der Waals surface area contributed by atoms with Gasteiger partial charge in [0, 0.05) is 2.74 Å². The molecule has 0 bridgehead atoms. The van der Waals surface area contributed by atoms with E-state index in [4.69, 9.17) is 2.74 Å². The van der Waals surface area contributed by atoms with Crippen LogP contribution in [0, 0.1) is 0 Å². The van der Waals surface area contributed by atoms with Crippen molar-refractivity contribution in [2.75, 3.05) is 0 Å². The summed E-state index contributed by atoms with van der Waals surface area (Å²) in [6, 6.07) is 0. The summed E-state index contributed by atoms with van der Waals surface area (Å²) in [5.74, 6) is 0. The summed E-state index contributed by atoms with van der Waals surface area (Å²) < 4.78 is 16.0. The quantitative estimate of drug-likeness (QED) is 0.458. The average molecular weight is 226 g/mol. The van der Waals surface area contributed by atoms with Gasteiger partial charge in [0.25, 0.3) is 0 Å². The van der Waals surface area contributed by atoms with Crippen LogP contribution in [0.1, 0.15) is 105 Å². The van der Waals surface area contributed by atoms with Gasteiger partial charge in [0.05, 0.1) is 0 Å². The molecular weight excluding hydrogens is 192 g/mol. The van der Waals surface area contributed by atoms with Crippen molar-refractivity contribution in [3.8, 4) is 0 Å². The van der Waals surface area contributed by atoms with Gasteiger partial charge < -0.3 is 0 Å². The lowest BCUT2D eigenvalue weighted by molar-refractivity contribution is 0.504. The summed E-state index contributed by atoms with van der Waals surface area (Å²) in [6.07, 6.45) is 17.7. The van der Waals surface area contributed by atoms with Gasteiger partial charge in [-0.1, -0.05) is 103 Å². The molecule has 0 amide bonds. The first-order valence-corrected chi connectivity index (χ1v) is 7.71. The van der Waals surface area contributed by atoms with Crippen molar-refractivity contribution in [1.29, 1.82) is 0 Å². The number of hydrogen-bond acceptors (Lipinski definition) is 0. The first-order valence-electron chi connectivity index (χ1n) is 8.71. The Labute approximate surface area is 106 Å². The maximum atomic E-state index is 8.00. The Balaban J connectivity index is 2.20. The van der Waals surface area contributed by atoms with Crippen LogP contribution >= 0.6 is 0 Å². The van der Waals surface area contributed by atoms with Crippen LogP contribution in [-0.2, 0) is 0 Å². The van der Waals surface area contributed by atoms with Crippen molar-refractivity contribution in [3.63, 3.8) is 0 Å². The summed E-state index contributed by atoms with van der Waals surface area (Å²) in [5.41, 5.74) is 0. The summed E-state index contributed by atoms with van der Waals surface area (Å²) in [6.45, 7) is 0. The number of hydrogen-bond donors (Lipinski definition) is 0. The monoisotopic (exact) mass is 226 g/mol. The highest BCUT2D eigenvalue weighted by molar-refractivity contribution is 4.52. The van der Waals surface area contributed by atoms with Crippen molar-refractivity contribution in [1.82, 2.24) is 0 Å². The van der Waals surface area contributed by atoms with Gasteiger partial charge in [-0.2, -0.15) is 0 Å². The van der Waals surface area contributed by atoms with Crippen molar-refractivity contribution < 1.29 is 2.74 Å². The molecule has 0 spiro atoms. The molecular formula is C16H32. The summed E-state index contributed by atoms with van der Waals surface area (Å²) in [5, 5.41) is 0. The summed E-state index contributed by atoms with van der Waals surface area (Å²) >= 11 is 0. The van der Waals surface area contributed by atoms with Crippen LogP contribution in [0.5, 0.6) is 0 Å². The van der Waals surface area contributed by atoms with Gasteiger partial charge in [0.1, 0.15) is 0 Å². The highest BCUT2D eigenvalue weighted by Gasteiger charge is 1.96. The fourth-order valence-electron chi connectivity index (χ4n) is 2.57. The lowest BCUT2D eigenvalue weighted by Gasteiger charge is -2.05. The Hall–Kier alpha value is 0. The van der Waals surface area contributed by atoms with Crippen LogP contribution in [0.3, 0.4) is 0 Å². The zero-order valence-corrected chi connectivity index (χ0v) is 11.1. The van der Waals surface area contributed by atoms with Gasteiger partial charge in [0.15, 0.2) is 0 Å². The first kappa shape index (κ1) is 11.1. The van der Waals surface area contributed by atoms with Gasteiger partial charge in [-0.25, -0.2) is 0 Å². The summed E-state index contributed by atoms with van der Waals surface area (Å²) in [7, 11) is 0. The Bertz CT molecular complexity index is 172. The normalized spacial score (nSPS) is 29.0. The topological polar surface area (TPSA) is 0 Å². The van der Waals surface area contributed by atoms with E-state index in [0.717, 1.165) is 25.7 Å². The number of rotatable bonds is 0. The maximum Gasteiger partial charge on any atom is 0.0267 e. The summed E-state index contributed by atoms with van der Waals surface area (Å²) in [4.78, 5) is 0. The van der Waals surface area contributed by atoms with Gasteiger partial charge in [-0.15, -0.1) is 0 Å². The van der Waals surface area contributed by atoms with Crippen LogP contribution in [-0.4, -0.2) is 0 Å². The van der Waals surface area contributed by atoms with E-state index < -0.39 is 6.37 Å². The molecule has 1 aliphatic rings. The standard InChI is InChI=1S/C16H32/c1-2-4-6-8-10-12-14-16-15-13-11-9-7-5-3-1/h1-16H2/i1D2. The Morgan fingerprint density at radius 3 is 0.750 bits per heavy atom. The molecule has 0 saturated heterocycles. The van der Waals surface area contributed by atoms with E-state index in [0.29, 0.717) is 0 Å². The van der Waals surface area contributed by atoms with E-state index in [1.54, 1.807) is 0 Å². The van der Waals surface area contributed by atoms with Gasteiger partial charge >= 0.3 is 0 Å². The van der Waals surface area contributed by atoms with E-state index in [-0.39, 0.29) is 0 Å². The molecule has 1 aliphatic carbocycles. The molecule has 0 aromatic heterocycles. The van der Waals surface area contributed by atoms with E-state index in [2.05, 4.69) is 0 Å². The molecule has 16 heavy (non-hydrogen) atoms. The smallest absolute Gasteiger partial charge is 0.0267 e. The fourth-order valence-corrected chi connectivity index (χ4v) is 2.57. The molecule has 1 rings (SSSR count). The predicted molar refractivity (Wildman–Crippen MR) is 73.9 cm³/mol. The lowest BCUT2D eigenvalue weighted by atomic mass is 10.0. The van der Waals surface area contributed by atoms with Crippen LogP contribution in [0.4, 0.5) is 0 Å². The van der Waals surface area contributed by atoms with Crippen molar-refractivity contribution in [3.05, 3.63) is 0 Å². The van der Waals surface area contributed by atoms with Gasteiger partial charge in [-0.05, 0) is 0 Å². The molecule has 0 unspecified atom stereocenters. The molecule has 96 valence electrons. The van der Waals surface area contributed by atoms with E-state index in [9.17, 15) is 0 Å². The predicted octanol–water partition coefficient (Wildman–Crippen LogP) is 6.24. The Morgan fingerprint density at radius 1 is 0.312 bits per heavy atom. The van der Waals surface area contributed by atoms with Crippen molar-refractivity contribution in [2.45, 2.75) is 103 Å². The third kappa shape index (κ3) is 9.24. The van der Waals surface area contributed by atoms with Gasteiger partial charge in [0.2, 0.25) is 0 Å². The molecule has 0 heterocycles. The zero-order valence-electron chi connectivity index (χ0n) is 13.1. The second kappa shape index (κ2) is 11.5. The molecule has 0 radical (unpaired) electrons. The van der Waals surface area contributed by atoms with E-state index >= 15 is 0 Å². The minimum absolute atomic E-state index is 0.785. The van der Waals surface area contributed by atoms with E-state index in [1.165, 1.54) is 70.6 Å². The fraction of sp³-hybridized carbons (Fsp3) is 1.00. The zero-order chi connectivity index (χ0) is 13.1. The second-order valence-corrected chi connectivity index (χ2v) is 5.35. The minimum atomic E-state index is -0.892. The average Bonchev–Trinajstić information content (AvgIpc) is 2.32. The second-order valence-electron chi connectivity index (χ2n) is 5.35. The maximum absolute atomic E-state index is 8.00. The molecule has 0 nitrogen and oxygen atoms in total. The third-order valence-corrected chi connectivity index (χ3v) is 3.71. The van der Waals surface area contributed by atoms with Crippen molar-refractivity contribution >= 4 is 0 Å². The van der Waals surface area contributed by atoms with Crippen LogP contribution in [0.25, 0.3) is 0 Å². The largest absolute Gasteiger partial charge is 0.0533 e. The highest BCUT2D eigenvalue weighted by Crippen LogP contribution is 2.16. The van der Waals surface area contributed by atoms with Crippen LogP contribution in [0.15, 0.2) is 0 Å². The Morgan fingerprint density at radius 2 is 0.500 bits per heavy atom. The highest BCUT2D eigenvalue weighted by atomic mass is 14.0. The lowest BCUT2D eigenvalue weighted by Crippen LogP contribution is -1.85. The van der Waals surface area contributed by atoms with Crippen LogP contribution in [0.2, 0.25) is 0 Å². The molecule has 1 fully saturated rings. The van der Waals surface area contributed by atoms with Crippen LogP contribution < -0.4 is 0 Å². The molecule has 0 aromatic carbocycles. The molecule has 0 atom stereocenters. The molecule has 1 saturated carbocycles. The Kier molecular flexibility index (Phi) is 7.98. The molecule has 0 N–H and O–H groups in total. The van der Waals surface area contributed by atoms with Gasteiger partial charge in [-0.3, -0.25) is 0 Å². The third-order valence-electron chi connectivity index (χ3n) is 3.71. The molecule has 0 aliphatic heterocycles. The van der Waals surface area contributed by atoms with Crippen molar-refractivity contribution in [2.24, 2.45) is 0 Å². The molecule has 0 aromatic rings. The van der Waals surface area contributed by atoms with E-state index in [1.807, 2.05) is 0 Å². The molecule has 0 heteroatoms. The minimum Gasteiger partial charge on any atom is -0.0533 e.